The van der Waals surface area contributed by atoms with Crippen molar-refractivity contribution in [3.63, 3.8) is 0 Å². The van der Waals surface area contributed by atoms with E-state index >= 15 is 0 Å². The largest absolute Gasteiger partial charge is 0.448 e. The molecule has 0 N–H and O–H groups in total. The molecule has 0 aliphatic carbocycles. The number of esters is 1. The summed E-state index contributed by atoms with van der Waals surface area (Å²) in [6.07, 6.45) is 3.41. The first-order valence-electron chi connectivity index (χ1n) is 8.24. The Balaban J connectivity index is 1.68. The minimum atomic E-state index is -0.828. The van der Waals surface area contributed by atoms with Crippen LogP contribution in [0.1, 0.15) is 42.3 Å². The number of hydrogen-bond donors (Lipinski definition) is 0. The SMILES string of the molecule is C[C@H](OC(=O)c1cc2c(F)cccc2s1)C(=O)N1CCCCCC1. The first-order valence-corrected chi connectivity index (χ1v) is 9.06. The lowest BCUT2D eigenvalue weighted by Crippen LogP contribution is -2.40. The van der Waals surface area contributed by atoms with Crippen molar-refractivity contribution >= 4 is 33.3 Å². The second-order valence-corrected chi connectivity index (χ2v) is 7.13. The maximum Gasteiger partial charge on any atom is 0.349 e. The van der Waals surface area contributed by atoms with Crippen molar-refractivity contribution in [1.82, 2.24) is 4.90 Å². The number of hydrogen-bond acceptors (Lipinski definition) is 4. The molecule has 2 aromatic rings. The number of nitrogens with zero attached hydrogens (tertiary/aromatic N) is 1. The number of likely N-dealkylation sites (tertiary alicyclic amines) is 1. The Morgan fingerprint density at radius 1 is 1.21 bits per heavy atom. The number of carbonyl (C=O) groups excluding carboxylic acids is 2. The molecule has 1 aliphatic heterocycles. The zero-order valence-corrected chi connectivity index (χ0v) is 14.4. The molecule has 4 nitrogen and oxygen atoms in total. The fraction of sp³-hybridized carbons (Fsp3) is 0.444. The molecule has 1 aromatic heterocycles. The summed E-state index contributed by atoms with van der Waals surface area (Å²) in [7, 11) is 0. The van der Waals surface area contributed by atoms with Crippen molar-refractivity contribution in [3.8, 4) is 0 Å². The Hall–Kier alpha value is -1.95. The second kappa shape index (κ2) is 7.30. The number of carbonyl (C=O) groups is 2. The summed E-state index contributed by atoms with van der Waals surface area (Å²) in [5.41, 5.74) is 0. The molecule has 1 fully saturated rings. The van der Waals surface area contributed by atoms with Gasteiger partial charge >= 0.3 is 5.97 Å². The van der Waals surface area contributed by atoms with E-state index in [0.29, 0.717) is 15.0 Å². The fourth-order valence-electron chi connectivity index (χ4n) is 2.94. The number of ether oxygens (including phenoxy) is 1. The average Bonchev–Trinajstić information content (AvgIpc) is 2.83. The van der Waals surface area contributed by atoms with Crippen molar-refractivity contribution in [3.05, 3.63) is 35.0 Å². The summed E-state index contributed by atoms with van der Waals surface area (Å²) < 4.78 is 19.7. The van der Waals surface area contributed by atoms with Gasteiger partial charge in [-0.15, -0.1) is 11.3 Å². The predicted octanol–water partition coefficient (Wildman–Crippen LogP) is 3.99. The summed E-state index contributed by atoms with van der Waals surface area (Å²) in [5.74, 6) is -1.10. The van der Waals surface area contributed by atoms with Crippen LogP contribution in [0, 0.1) is 5.82 Å². The Morgan fingerprint density at radius 3 is 2.58 bits per heavy atom. The van der Waals surface area contributed by atoms with Gasteiger partial charge in [0.1, 0.15) is 10.7 Å². The van der Waals surface area contributed by atoms with Gasteiger partial charge in [-0.2, -0.15) is 0 Å². The number of halogens is 1. The zero-order valence-electron chi connectivity index (χ0n) is 13.6. The highest BCUT2D eigenvalue weighted by Crippen LogP contribution is 2.28. The number of benzene rings is 1. The van der Waals surface area contributed by atoms with E-state index in [9.17, 15) is 14.0 Å². The van der Waals surface area contributed by atoms with Crippen LogP contribution >= 0.6 is 11.3 Å². The number of thiophene rings is 1. The van der Waals surface area contributed by atoms with Crippen molar-refractivity contribution in [2.24, 2.45) is 0 Å². The molecule has 0 saturated carbocycles. The van der Waals surface area contributed by atoms with E-state index in [1.807, 2.05) is 0 Å². The van der Waals surface area contributed by atoms with Gasteiger partial charge in [0.25, 0.3) is 5.91 Å². The third kappa shape index (κ3) is 3.59. The molecule has 6 heteroatoms. The molecule has 1 aliphatic rings. The van der Waals surface area contributed by atoms with E-state index in [1.54, 1.807) is 24.0 Å². The summed E-state index contributed by atoms with van der Waals surface area (Å²) >= 11 is 1.17. The van der Waals surface area contributed by atoms with Crippen molar-refractivity contribution < 1.29 is 18.7 Å². The Labute approximate surface area is 144 Å². The smallest absolute Gasteiger partial charge is 0.349 e. The molecule has 3 rings (SSSR count). The molecule has 1 aromatic carbocycles. The maximum absolute atomic E-state index is 13.7. The Bertz CT molecular complexity index is 750. The molecule has 24 heavy (non-hydrogen) atoms. The van der Waals surface area contributed by atoms with E-state index in [4.69, 9.17) is 4.74 Å². The van der Waals surface area contributed by atoms with Crippen molar-refractivity contribution in [1.29, 1.82) is 0 Å². The molecule has 128 valence electrons. The van der Waals surface area contributed by atoms with Crippen molar-refractivity contribution in [2.75, 3.05) is 13.1 Å². The third-order valence-electron chi connectivity index (χ3n) is 4.26. The standard InChI is InChI=1S/C18H20FNO3S/c1-12(17(21)20-9-4-2-3-5-10-20)23-18(22)16-11-13-14(19)7-6-8-15(13)24-16/h6-8,11-12H,2-5,9-10H2,1H3/t12-/m0/s1. The topological polar surface area (TPSA) is 46.6 Å². The molecule has 1 saturated heterocycles. The van der Waals surface area contributed by atoms with Crippen LogP contribution < -0.4 is 0 Å². The normalized spacial score (nSPS) is 16.7. The van der Waals surface area contributed by atoms with Gasteiger partial charge in [-0.3, -0.25) is 4.79 Å². The lowest BCUT2D eigenvalue weighted by atomic mass is 10.2. The fourth-order valence-corrected chi connectivity index (χ4v) is 3.90. The van der Waals surface area contributed by atoms with E-state index in [2.05, 4.69) is 0 Å². The minimum absolute atomic E-state index is 0.155. The third-order valence-corrected chi connectivity index (χ3v) is 5.34. The highest BCUT2D eigenvalue weighted by atomic mass is 32.1. The molecule has 0 spiro atoms. The summed E-state index contributed by atoms with van der Waals surface area (Å²) in [6, 6.07) is 6.21. The molecular formula is C18H20FNO3S. The van der Waals surface area contributed by atoms with Gasteiger partial charge in [-0.25, -0.2) is 9.18 Å². The molecule has 1 amide bonds. The minimum Gasteiger partial charge on any atom is -0.448 e. The lowest BCUT2D eigenvalue weighted by molar-refractivity contribution is -0.139. The summed E-state index contributed by atoms with van der Waals surface area (Å²) in [5, 5.41) is 0.404. The predicted molar refractivity (Wildman–Crippen MR) is 91.7 cm³/mol. The quantitative estimate of drug-likeness (QED) is 0.787. The van der Waals surface area contributed by atoms with Crippen LogP contribution in [-0.4, -0.2) is 36.0 Å². The van der Waals surface area contributed by atoms with E-state index < -0.39 is 12.1 Å². The van der Waals surface area contributed by atoms with Crippen LogP contribution in [0.2, 0.25) is 0 Å². The molecule has 0 radical (unpaired) electrons. The van der Waals surface area contributed by atoms with Gasteiger partial charge in [0.05, 0.1) is 0 Å². The van der Waals surface area contributed by atoms with Gasteiger partial charge in [0.2, 0.25) is 0 Å². The van der Waals surface area contributed by atoms with E-state index in [0.717, 1.165) is 38.8 Å². The van der Waals surface area contributed by atoms with Crippen LogP contribution in [0.25, 0.3) is 10.1 Å². The van der Waals surface area contributed by atoms with Gasteiger partial charge in [0.15, 0.2) is 6.10 Å². The van der Waals surface area contributed by atoms with E-state index in [1.165, 1.54) is 23.5 Å². The first-order chi connectivity index (χ1) is 11.6. The first kappa shape index (κ1) is 16.9. The van der Waals surface area contributed by atoms with Gasteiger partial charge < -0.3 is 9.64 Å². The molecule has 2 heterocycles. The van der Waals surface area contributed by atoms with E-state index in [-0.39, 0.29) is 11.7 Å². The molecule has 0 bridgehead atoms. The van der Waals surface area contributed by atoms with Crippen molar-refractivity contribution in [2.45, 2.75) is 38.7 Å². The number of rotatable bonds is 3. The number of fused-ring (bicyclic) bond motifs is 1. The molecule has 1 atom stereocenters. The summed E-state index contributed by atoms with van der Waals surface area (Å²) in [4.78, 5) is 26.8. The second-order valence-electron chi connectivity index (χ2n) is 6.05. The van der Waals surface area contributed by atoms with Crippen LogP contribution in [0.3, 0.4) is 0 Å². The maximum atomic E-state index is 13.7. The van der Waals surface area contributed by atoms with Crippen LogP contribution in [0.4, 0.5) is 4.39 Å². The van der Waals surface area contributed by atoms with Crippen LogP contribution in [-0.2, 0) is 9.53 Å². The lowest BCUT2D eigenvalue weighted by Gasteiger charge is -2.23. The van der Waals surface area contributed by atoms with Gasteiger partial charge in [-0.1, -0.05) is 18.9 Å². The highest BCUT2D eigenvalue weighted by Gasteiger charge is 2.25. The molecular weight excluding hydrogens is 329 g/mol. The Kier molecular flexibility index (Phi) is 5.14. The van der Waals surface area contributed by atoms with Crippen LogP contribution in [0.15, 0.2) is 24.3 Å². The monoisotopic (exact) mass is 349 g/mol. The summed E-state index contributed by atoms with van der Waals surface area (Å²) in [6.45, 7) is 3.03. The average molecular weight is 349 g/mol. The van der Waals surface area contributed by atoms with Crippen LogP contribution in [0.5, 0.6) is 0 Å². The number of amides is 1. The Morgan fingerprint density at radius 2 is 1.92 bits per heavy atom. The highest BCUT2D eigenvalue weighted by molar-refractivity contribution is 7.20. The zero-order chi connectivity index (χ0) is 17.1. The van der Waals surface area contributed by atoms with Gasteiger partial charge in [0, 0.05) is 23.2 Å². The molecule has 0 unspecified atom stereocenters. The van der Waals surface area contributed by atoms with Gasteiger partial charge in [-0.05, 0) is 38.0 Å².